The van der Waals surface area contributed by atoms with Crippen molar-refractivity contribution in [3.8, 4) is 5.75 Å². The van der Waals surface area contributed by atoms with Crippen LogP contribution < -0.4 is 4.74 Å². The van der Waals surface area contributed by atoms with Crippen LogP contribution in [0.15, 0.2) is 41.8 Å². The lowest BCUT2D eigenvalue weighted by molar-refractivity contribution is 0.104. The lowest BCUT2D eigenvalue weighted by atomic mass is 10.1. The van der Waals surface area contributed by atoms with E-state index < -0.39 is 0 Å². The Kier molecular flexibility index (Phi) is 2.69. The number of hydrogen-bond donors (Lipinski definition) is 0. The van der Waals surface area contributed by atoms with Crippen LogP contribution in [0.2, 0.25) is 0 Å². The molecule has 3 rings (SSSR count). The number of thiophene rings is 1. The first kappa shape index (κ1) is 10.5. The highest BCUT2D eigenvalue weighted by atomic mass is 32.1. The summed E-state index contributed by atoms with van der Waals surface area (Å²) in [6, 6.07) is 11.2. The maximum atomic E-state index is 12.1. The summed E-state index contributed by atoms with van der Waals surface area (Å²) in [4.78, 5) is 12.9. The highest BCUT2D eigenvalue weighted by Gasteiger charge is 2.23. The van der Waals surface area contributed by atoms with Crippen molar-refractivity contribution >= 4 is 17.1 Å². The third-order valence-corrected chi connectivity index (χ3v) is 3.54. The topological polar surface area (TPSA) is 26.3 Å². The van der Waals surface area contributed by atoms with Gasteiger partial charge in [-0.2, -0.15) is 0 Å². The molecular weight excluding hydrogens is 232 g/mol. The van der Waals surface area contributed by atoms with Crippen molar-refractivity contribution in [1.29, 1.82) is 0 Å². The van der Waals surface area contributed by atoms with E-state index in [9.17, 15) is 4.79 Å². The van der Waals surface area contributed by atoms with E-state index in [1.54, 1.807) is 0 Å². The minimum Gasteiger partial charge on any atom is -0.490 e. The first-order valence-electron chi connectivity index (χ1n) is 5.68. The van der Waals surface area contributed by atoms with Crippen LogP contribution in [-0.2, 0) is 0 Å². The van der Waals surface area contributed by atoms with E-state index in [-0.39, 0.29) is 5.78 Å². The van der Waals surface area contributed by atoms with Gasteiger partial charge in [0, 0.05) is 5.56 Å². The van der Waals surface area contributed by atoms with Crippen LogP contribution in [0.25, 0.3) is 0 Å². The highest BCUT2D eigenvalue weighted by molar-refractivity contribution is 7.12. The number of ether oxygens (including phenoxy) is 1. The van der Waals surface area contributed by atoms with Crippen LogP contribution in [0, 0.1) is 0 Å². The second-order valence-electron chi connectivity index (χ2n) is 4.15. The molecule has 1 heterocycles. The largest absolute Gasteiger partial charge is 0.490 e. The monoisotopic (exact) mass is 244 g/mol. The van der Waals surface area contributed by atoms with Crippen molar-refractivity contribution in [3.63, 3.8) is 0 Å². The molecule has 0 atom stereocenters. The molecule has 3 heteroatoms. The summed E-state index contributed by atoms with van der Waals surface area (Å²) >= 11 is 1.47. The molecule has 0 aliphatic heterocycles. The summed E-state index contributed by atoms with van der Waals surface area (Å²) in [5.41, 5.74) is 0.700. The van der Waals surface area contributed by atoms with Gasteiger partial charge in [-0.1, -0.05) is 18.2 Å². The van der Waals surface area contributed by atoms with Gasteiger partial charge in [-0.25, -0.2) is 0 Å². The second-order valence-corrected chi connectivity index (χ2v) is 5.10. The fraction of sp³-hybridized carbons (Fsp3) is 0.214. The van der Waals surface area contributed by atoms with Crippen molar-refractivity contribution in [1.82, 2.24) is 0 Å². The van der Waals surface area contributed by atoms with E-state index >= 15 is 0 Å². The Balaban J connectivity index is 1.84. The Labute approximate surface area is 104 Å². The van der Waals surface area contributed by atoms with Crippen LogP contribution >= 0.6 is 11.3 Å². The van der Waals surface area contributed by atoms with Crippen LogP contribution in [0.4, 0.5) is 0 Å². The molecule has 1 aliphatic carbocycles. The molecule has 0 spiro atoms. The average Bonchev–Trinajstić information content (AvgIpc) is 2.99. The smallest absolute Gasteiger partial charge is 0.203 e. The van der Waals surface area contributed by atoms with E-state index in [2.05, 4.69) is 0 Å². The molecule has 1 aliphatic rings. The van der Waals surface area contributed by atoms with Gasteiger partial charge >= 0.3 is 0 Å². The van der Waals surface area contributed by atoms with Crippen molar-refractivity contribution in [3.05, 3.63) is 52.2 Å². The SMILES string of the molecule is O=C(c1cccc(OC2CC2)c1)c1cccs1. The first-order valence-corrected chi connectivity index (χ1v) is 6.56. The van der Waals surface area contributed by atoms with Crippen molar-refractivity contribution < 1.29 is 9.53 Å². The fourth-order valence-corrected chi connectivity index (χ4v) is 2.32. The normalized spacial score (nSPS) is 14.6. The molecule has 86 valence electrons. The maximum absolute atomic E-state index is 12.1. The van der Waals surface area contributed by atoms with Gasteiger partial charge in [0.2, 0.25) is 5.78 Å². The third kappa shape index (κ3) is 2.39. The van der Waals surface area contributed by atoms with Gasteiger partial charge in [-0.3, -0.25) is 4.79 Å². The summed E-state index contributed by atoms with van der Waals surface area (Å²) in [7, 11) is 0. The second kappa shape index (κ2) is 4.34. The number of hydrogen-bond acceptors (Lipinski definition) is 3. The third-order valence-electron chi connectivity index (χ3n) is 2.67. The lowest BCUT2D eigenvalue weighted by Crippen LogP contribution is -2.01. The molecule has 1 aromatic carbocycles. The molecular formula is C14H12O2S. The highest BCUT2D eigenvalue weighted by Crippen LogP contribution is 2.27. The molecule has 0 unspecified atom stereocenters. The van der Waals surface area contributed by atoms with Gasteiger partial charge < -0.3 is 4.74 Å². The minimum atomic E-state index is 0.0706. The van der Waals surface area contributed by atoms with Crippen molar-refractivity contribution in [2.45, 2.75) is 18.9 Å². The molecule has 0 N–H and O–H groups in total. The molecule has 0 radical (unpaired) electrons. The van der Waals surface area contributed by atoms with E-state index in [4.69, 9.17) is 4.74 Å². The minimum absolute atomic E-state index is 0.0706. The number of ketones is 1. The molecule has 1 aromatic heterocycles. The molecule has 0 amide bonds. The number of rotatable bonds is 4. The fourth-order valence-electron chi connectivity index (χ4n) is 1.64. The molecule has 0 bridgehead atoms. The average molecular weight is 244 g/mol. The zero-order valence-electron chi connectivity index (χ0n) is 9.26. The Hall–Kier alpha value is -1.61. The van der Waals surface area contributed by atoms with Gasteiger partial charge in [0.05, 0.1) is 11.0 Å². The molecule has 17 heavy (non-hydrogen) atoms. The maximum Gasteiger partial charge on any atom is 0.203 e. The standard InChI is InChI=1S/C14H12O2S/c15-14(13-5-2-8-17-13)10-3-1-4-12(9-10)16-11-6-7-11/h1-5,8-9,11H,6-7H2. The number of carbonyl (C=O) groups excluding carboxylic acids is 1. The predicted molar refractivity (Wildman–Crippen MR) is 67.8 cm³/mol. The number of carbonyl (C=O) groups is 1. The molecule has 1 saturated carbocycles. The van der Waals surface area contributed by atoms with E-state index in [0.717, 1.165) is 23.5 Å². The van der Waals surface area contributed by atoms with Crippen LogP contribution in [-0.4, -0.2) is 11.9 Å². The summed E-state index contributed by atoms with van der Waals surface area (Å²) in [5.74, 6) is 0.871. The van der Waals surface area contributed by atoms with Gasteiger partial charge in [0.15, 0.2) is 0 Å². The quantitative estimate of drug-likeness (QED) is 0.769. The van der Waals surface area contributed by atoms with Gasteiger partial charge in [-0.15, -0.1) is 11.3 Å². The molecule has 0 saturated heterocycles. The summed E-state index contributed by atoms with van der Waals surface area (Å²) in [5, 5.41) is 1.91. The zero-order valence-corrected chi connectivity index (χ0v) is 10.1. The molecule has 2 nitrogen and oxygen atoms in total. The Morgan fingerprint density at radius 1 is 1.24 bits per heavy atom. The molecule has 1 fully saturated rings. The van der Waals surface area contributed by atoms with Crippen LogP contribution in [0.5, 0.6) is 5.75 Å². The van der Waals surface area contributed by atoms with Crippen LogP contribution in [0.1, 0.15) is 28.1 Å². The lowest BCUT2D eigenvalue weighted by Gasteiger charge is -2.05. The van der Waals surface area contributed by atoms with E-state index in [1.165, 1.54) is 11.3 Å². The molecule has 2 aromatic rings. The number of benzene rings is 1. The van der Waals surface area contributed by atoms with Gasteiger partial charge in [-0.05, 0) is 36.4 Å². The Morgan fingerprint density at radius 3 is 2.82 bits per heavy atom. The van der Waals surface area contributed by atoms with Crippen LogP contribution in [0.3, 0.4) is 0 Å². The summed E-state index contributed by atoms with van der Waals surface area (Å²) < 4.78 is 5.68. The first-order chi connectivity index (χ1) is 8.33. The predicted octanol–water partition coefficient (Wildman–Crippen LogP) is 3.52. The zero-order chi connectivity index (χ0) is 11.7. The van der Waals surface area contributed by atoms with Gasteiger partial charge in [0.25, 0.3) is 0 Å². The van der Waals surface area contributed by atoms with Crippen molar-refractivity contribution in [2.75, 3.05) is 0 Å². The van der Waals surface area contributed by atoms with Crippen molar-refractivity contribution in [2.24, 2.45) is 0 Å². The van der Waals surface area contributed by atoms with E-state index in [1.807, 2.05) is 41.8 Å². The Morgan fingerprint density at radius 2 is 2.12 bits per heavy atom. The summed E-state index contributed by atoms with van der Waals surface area (Å²) in [6.45, 7) is 0. The summed E-state index contributed by atoms with van der Waals surface area (Å²) in [6.07, 6.45) is 2.62. The van der Waals surface area contributed by atoms with Gasteiger partial charge in [0.1, 0.15) is 5.75 Å². The van der Waals surface area contributed by atoms with E-state index in [0.29, 0.717) is 11.7 Å². The Bertz CT molecular complexity index is 527.